The first kappa shape index (κ1) is 16.6. The van der Waals surface area contributed by atoms with Gasteiger partial charge < -0.3 is 30.5 Å². The third-order valence-electron chi connectivity index (χ3n) is 3.28. The lowest BCUT2D eigenvalue weighted by molar-refractivity contribution is -0.281. The fraction of sp³-hybridized carbons (Fsp3) is 0.800. The number of ether oxygens (including phenoxy) is 2. The molecule has 0 aromatic carbocycles. The molecule has 5 N–H and O–H groups in total. The van der Waals surface area contributed by atoms with Crippen LogP contribution in [0.1, 0.15) is 11.7 Å². The number of azide groups is 1. The highest BCUT2D eigenvalue weighted by atomic mass is 16.7. The maximum absolute atomic E-state index is 10.3. The third-order valence-corrected chi connectivity index (χ3v) is 3.28. The van der Waals surface area contributed by atoms with E-state index < -0.39 is 37.3 Å². The van der Waals surface area contributed by atoms with E-state index in [4.69, 9.17) is 20.7 Å². The lowest BCUT2D eigenvalue weighted by atomic mass is 9.97. The second-order valence-corrected chi connectivity index (χ2v) is 4.62. The summed E-state index contributed by atoms with van der Waals surface area (Å²) in [6, 6.07) is -0.945. The Morgan fingerprint density at radius 2 is 2.27 bits per heavy atom. The molecule has 1 saturated heterocycles. The predicted octanol–water partition coefficient (Wildman–Crippen LogP) is -2.00. The number of aliphatic hydroxyl groups is 3. The zero-order valence-electron chi connectivity index (χ0n) is 11.5. The standard InChI is InChI=1S/C10H17N7O5/c11-1-5-2-17(16-14-5)7-9(20)8(19)6(3-18)22-10(7)21-4-13-15-12/h2,6-10,18-20H,1,3-4,11H2/t6?,7?,8-,9-,10+/m1/s1. The minimum Gasteiger partial charge on any atom is -0.394 e. The highest BCUT2D eigenvalue weighted by molar-refractivity contribution is 4.97. The van der Waals surface area contributed by atoms with Crippen LogP contribution in [0.25, 0.3) is 10.4 Å². The van der Waals surface area contributed by atoms with Gasteiger partial charge >= 0.3 is 0 Å². The van der Waals surface area contributed by atoms with Gasteiger partial charge in [-0.3, -0.25) is 0 Å². The van der Waals surface area contributed by atoms with Gasteiger partial charge in [0.1, 0.15) is 31.1 Å². The molecule has 0 radical (unpaired) electrons. The molecule has 5 atom stereocenters. The minimum atomic E-state index is -1.35. The number of nitrogens with two attached hydrogens (primary N) is 1. The quantitative estimate of drug-likeness (QED) is 0.264. The summed E-state index contributed by atoms with van der Waals surface area (Å²) in [5.41, 5.74) is 14.2. The van der Waals surface area contributed by atoms with Crippen LogP contribution in [0, 0.1) is 0 Å². The van der Waals surface area contributed by atoms with Crippen molar-refractivity contribution in [2.24, 2.45) is 10.8 Å². The summed E-state index contributed by atoms with van der Waals surface area (Å²) in [4.78, 5) is 2.54. The van der Waals surface area contributed by atoms with Gasteiger partial charge in [0.15, 0.2) is 6.29 Å². The fourth-order valence-corrected chi connectivity index (χ4v) is 2.17. The number of aromatic nitrogens is 3. The molecule has 2 unspecified atom stereocenters. The van der Waals surface area contributed by atoms with Gasteiger partial charge in [0, 0.05) is 11.5 Å². The normalized spacial score (nSPS) is 31.7. The van der Waals surface area contributed by atoms with Crippen LogP contribution in [0.15, 0.2) is 11.3 Å². The summed E-state index contributed by atoms with van der Waals surface area (Å²) in [6.07, 6.45) is -3.35. The monoisotopic (exact) mass is 315 g/mol. The highest BCUT2D eigenvalue weighted by Gasteiger charge is 2.46. The summed E-state index contributed by atoms with van der Waals surface area (Å²) in [7, 11) is 0. The van der Waals surface area contributed by atoms with Crippen molar-refractivity contribution in [2.45, 2.75) is 37.2 Å². The Bertz CT molecular complexity index is 533. The fourth-order valence-electron chi connectivity index (χ4n) is 2.17. The first-order valence-electron chi connectivity index (χ1n) is 6.48. The van der Waals surface area contributed by atoms with Crippen molar-refractivity contribution in [3.63, 3.8) is 0 Å². The van der Waals surface area contributed by atoms with E-state index in [1.807, 2.05) is 0 Å². The van der Waals surface area contributed by atoms with E-state index in [2.05, 4.69) is 20.3 Å². The lowest BCUT2D eigenvalue weighted by Crippen LogP contribution is -2.56. The first-order chi connectivity index (χ1) is 10.6. The third kappa shape index (κ3) is 3.34. The number of nitrogens with zero attached hydrogens (tertiary/aromatic N) is 6. The van der Waals surface area contributed by atoms with Crippen LogP contribution >= 0.6 is 0 Å². The molecule has 22 heavy (non-hydrogen) atoms. The van der Waals surface area contributed by atoms with E-state index in [-0.39, 0.29) is 13.3 Å². The van der Waals surface area contributed by atoms with Crippen molar-refractivity contribution in [2.75, 3.05) is 13.3 Å². The molecule has 1 fully saturated rings. The Kier molecular flexibility index (Phi) is 5.63. The highest BCUT2D eigenvalue weighted by Crippen LogP contribution is 2.30. The average molecular weight is 315 g/mol. The van der Waals surface area contributed by atoms with Crippen molar-refractivity contribution < 1.29 is 24.8 Å². The van der Waals surface area contributed by atoms with Gasteiger partial charge in [0.2, 0.25) is 0 Å². The molecule has 12 heteroatoms. The molecule has 122 valence electrons. The van der Waals surface area contributed by atoms with Gasteiger partial charge in [-0.25, -0.2) is 4.68 Å². The Balaban J connectivity index is 2.24. The number of rotatable bonds is 6. The Morgan fingerprint density at radius 3 is 2.86 bits per heavy atom. The summed E-state index contributed by atoms with van der Waals surface area (Å²) >= 11 is 0. The topological polar surface area (TPSA) is 185 Å². The molecule has 0 amide bonds. The average Bonchev–Trinajstić information content (AvgIpc) is 2.99. The van der Waals surface area contributed by atoms with Crippen molar-refractivity contribution in [3.8, 4) is 0 Å². The zero-order valence-corrected chi connectivity index (χ0v) is 11.5. The van der Waals surface area contributed by atoms with E-state index >= 15 is 0 Å². The van der Waals surface area contributed by atoms with E-state index in [1.54, 1.807) is 0 Å². The largest absolute Gasteiger partial charge is 0.394 e. The summed E-state index contributed by atoms with van der Waals surface area (Å²) in [5.74, 6) is 0. The SMILES string of the molecule is [N-]=[N+]=NCO[C@H]1OC(CO)[C@@H](O)[C@H](O)C1n1cc(CN)nn1. The smallest absolute Gasteiger partial charge is 0.183 e. The van der Waals surface area contributed by atoms with Gasteiger partial charge in [-0.1, -0.05) is 10.3 Å². The summed E-state index contributed by atoms with van der Waals surface area (Å²) in [5, 5.41) is 40.2. The van der Waals surface area contributed by atoms with Gasteiger partial charge in [0.25, 0.3) is 0 Å². The molecule has 1 aromatic rings. The Labute approximate surface area is 124 Å². The van der Waals surface area contributed by atoms with E-state index in [0.29, 0.717) is 5.69 Å². The molecule has 1 aliphatic rings. The van der Waals surface area contributed by atoms with Gasteiger partial charge in [-0.15, -0.1) is 5.10 Å². The number of aliphatic hydroxyl groups excluding tert-OH is 3. The molecule has 0 saturated carbocycles. The van der Waals surface area contributed by atoms with Crippen LogP contribution < -0.4 is 5.73 Å². The molecular formula is C10H17N7O5. The summed E-state index contributed by atoms with van der Waals surface area (Å²) in [6.45, 7) is -0.718. The van der Waals surface area contributed by atoms with E-state index in [0.717, 1.165) is 0 Å². The molecule has 0 spiro atoms. The lowest BCUT2D eigenvalue weighted by Gasteiger charge is -2.41. The maximum atomic E-state index is 10.3. The molecule has 12 nitrogen and oxygen atoms in total. The maximum Gasteiger partial charge on any atom is 0.183 e. The minimum absolute atomic E-state index is 0.149. The molecule has 0 bridgehead atoms. The van der Waals surface area contributed by atoms with Crippen molar-refractivity contribution >= 4 is 0 Å². The van der Waals surface area contributed by atoms with Gasteiger partial charge in [0.05, 0.1) is 18.5 Å². The second kappa shape index (κ2) is 7.47. The van der Waals surface area contributed by atoms with E-state index in [9.17, 15) is 15.3 Å². The molecule has 2 heterocycles. The summed E-state index contributed by atoms with van der Waals surface area (Å²) < 4.78 is 11.9. The van der Waals surface area contributed by atoms with Crippen LogP contribution in [0.3, 0.4) is 0 Å². The molecule has 1 aromatic heterocycles. The van der Waals surface area contributed by atoms with E-state index in [1.165, 1.54) is 10.9 Å². The van der Waals surface area contributed by atoms with Crippen LogP contribution in [0.2, 0.25) is 0 Å². The Morgan fingerprint density at radius 1 is 1.50 bits per heavy atom. The van der Waals surface area contributed by atoms with Crippen molar-refractivity contribution in [1.82, 2.24) is 15.0 Å². The van der Waals surface area contributed by atoms with Crippen molar-refractivity contribution in [1.29, 1.82) is 0 Å². The number of hydrogen-bond donors (Lipinski definition) is 4. The number of hydrogen-bond acceptors (Lipinski definition) is 9. The van der Waals surface area contributed by atoms with Crippen LogP contribution in [-0.4, -0.2) is 68.3 Å². The molecule has 2 rings (SSSR count). The molecular weight excluding hydrogens is 298 g/mol. The second-order valence-electron chi connectivity index (χ2n) is 4.62. The van der Waals surface area contributed by atoms with Crippen LogP contribution in [0.4, 0.5) is 0 Å². The first-order valence-corrected chi connectivity index (χ1v) is 6.48. The predicted molar refractivity (Wildman–Crippen MR) is 69.8 cm³/mol. The van der Waals surface area contributed by atoms with Crippen LogP contribution in [0.5, 0.6) is 0 Å². The molecule has 0 aliphatic carbocycles. The van der Waals surface area contributed by atoms with Gasteiger partial charge in [-0.2, -0.15) is 0 Å². The van der Waals surface area contributed by atoms with Crippen LogP contribution in [-0.2, 0) is 16.0 Å². The Hall–Kier alpha value is -1.79. The van der Waals surface area contributed by atoms with Gasteiger partial charge in [-0.05, 0) is 5.53 Å². The molecule has 1 aliphatic heterocycles. The van der Waals surface area contributed by atoms with Crippen molar-refractivity contribution in [3.05, 3.63) is 22.3 Å². The zero-order chi connectivity index (χ0) is 16.1.